The van der Waals surface area contributed by atoms with Gasteiger partial charge in [-0.2, -0.15) is 0 Å². The Hall–Kier alpha value is -6.38. The molecular weight excluding hydrogens is 653 g/mol. The van der Waals surface area contributed by atoms with Crippen LogP contribution in [0.1, 0.15) is 55.6 Å². The van der Waals surface area contributed by atoms with Gasteiger partial charge in [0, 0.05) is 34.1 Å². The predicted octanol–water partition coefficient (Wildman–Crippen LogP) is 14.8. The van der Waals surface area contributed by atoms with E-state index in [-0.39, 0.29) is 0 Å². The van der Waals surface area contributed by atoms with Gasteiger partial charge in [0.05, 0.1) is 0 Å². The maximum atomic E-state index is 2.34. The second-order valence-corrected chi connectivity index (χ2v) is 14.4. The molecular formula is C52H48N2. The third-order valence-corrected chi connectivity index (χ3v) is 9.91. The van der Waals surface area contributed by atoms with Gasteiger partial charge in [-0.3, -0.25) is 0 Å². The van der Waals surface area contributed by atoms with Gasteiger partial charge in [-0.1, -0.05) is 109 Å². The van der Waals surface area contributed by atoms with Crippen LogP contribution in [-0.2, 0) is 0 Å². The first-order valence-corrected chi connectivity index (χ1v) is 18.7. The number of anilines is 6. The van der Waals surface area contributed by atoms with E-state index in [0.29, 0.717) is 0 Å². The first kappa shape index (κ1) is 36.0. The van der Waals surface area contributed by atoms with E-state index in [9.17, 15) is 0 Å². The molecule has 266 valence electrons. The third kappa shape index (κ3) is 8.46. The van der Waals surface area contributed by atoms with Crippen molar-refractivity contribution in [3.05, 3.63) is 213 Å². The maximum Gasteiger partial charge on any atom is 0.0464 e. The molecule has 2 heteroatoms. The number of benzene rings is 7. The van der Waals surface area contributed by atoms with Gasteiger partial charge in [-0.15, -0.1) is 0 Å². The van der Waals surface area contributed by atoms with Crippen LogP contribution in [0.15, 0.2) is 158 Å². The minimum atomic E-state index is 1.15. The van der Waals surface area contributed by atoms with Crippen molar-refractivity contribution >= 4 is 58.4 Å². The minimum absolute atomic E-state index is 1.15. The zero-order valence-corrected chi connectivity index (χ0v) is 32.2. The molecule has 0 aromatic heterocycles. The van der Waals surface area contributed by atoms with Crippen LogP contribution in [0.4, 0.5) is 34.1 Å². The fourth-order valence-corrected chi connectivity index (χ4v) is 7.02. The first-order chi connectivity index (χ1) is 26.2. The smallest absolute Gasteiger partial charge is 0.0464 e. The van der Waals surface area contributed by atoms with E-state index >= 15 is 0 Å². The predicted molar refractivity (Wildman–Crippen MR) is 235 cm³/mol. The summed E-state index contributed by atoms with van der Waals surface area (Å²) in [5, 5.41) is 0. The number of rotatable bonds is 10. The number of hydrogen-bond acceptors (Lipinski definition) is 2. The largest absolute Gasteiger partial charge is 0.310 e. The van der Waals surface area contributed by atoms with Crippen molar-refractivity contribution in [1.82, 2.24) is 0 Å². The first-order valence-electron chi connectivity index (χ1n) is 18.7. The molecule has 0 aliphatic carbocycles. The van der Waals surface area contributed by atoms with Crippen LogP contribution in [0, 0.1) is 41.5 Å². The maximum absolute atomic E-state index is 2.34. The topological polar surface area (TPSA) is 6.48 Å². The lowest BCUT2D eigenvalue weighted by Gasteiger charge is -2.26. The van der Waals surface area contributed by atoms with Crippen molar-refractivity contribution in [2.24, 2.45) is 0 Å². The van der Waals surface area contributed by atoms with Crippen LogP contribution in [-0.4, -0.2) is 0 Å². The summed E-state index contributed by atoms with van der Waals surface area (Å²) in [6.07, 6.45) is 8.83. The summed E-state index contributed by atoms with van der Waals surface area (Å²) in [5.41, 5.74) is 19.1. The molecule has 0 bridgehead atoms. The van der Waals surface area contributed by atoms with Gasteiger partial charge in [0.25, 0.3) is 0 Å². The van der Waals surface area contributed by atoms with Crippen molar-refractivity contribution in [3.8, 4) is 0 Å². The Bertz CT molecular complexity index is 2200. The lowest BCUT2D eigenvalue weighted by Crippen LogP contribution is -2.10. The van der Waals surface area contributed by atoms with E-state index in [0.717, 1.165) is 34.1 Å². The summed E-state index contributed by atoms with van der Waals surface area (Å²) in [5.74, 6) is 0. The van der Waals surface area contributed by atoms with Gasteiger partial charge in [0.15, 0.2) is 0 Å². The van der Waals surface area contributed by atoms with E-state index in [1.807, 2.05) is 0 Å². The van der Waals surface area contributed by atoms with E-state index < -0.39 is 0 Å². The molecule has 0 spiro atoms. The highest BCUT2D eigenvalue weighted by molar-refractivity contribution is 5.82. The van der Waals surface area contributed by atoms with Crippen LogP contribution in [0.25, 0.3) is 24.3 Å². The van der Waals surface area contributed by atoms with E-state index in [2.05, 4.69) is 233 Å². The molecule has 7 rings (SSSR count). The highest BCUT2D eigenvalue weighted by Gasteiger charge is 2.15. The van der Waals surface area contributed by atoms with Crippen LogP contribution in [0.3, 0.4) is 0 Å². The van der Waals surface area contributed by atoms with Gasteiger partial charge in [-0.25, -0.2) is 0 Å². The summed E-state index contributed by atoms with van der Waals surface area (Å²) in [4.78, 5) is 4.68. The highest BCUT2D eigenvalue weighted by Crippen LogP contribution is 2.38. The van der Waals surface area contributed by atoms with Crippen molar-refractivity contribution < 1.29 is 0 Å². The molecule has 0 aliphatic rings. The van der Waals surface area contributed by atoms with Crippen molar-refractivity contribution in [2.45, 2.75) is 41.5 Å². The van der Waals surface area contributed by atoms with Gasteiger partial charge in [0.1, 0.15) is 0 Å². The fourth-order valence-electron chi connectivity index (χ4n) is 7.02. The fraction of sp³-hybridized carbons (Fsp3) is 0.115. The Morgan fingerprint density at radius 2 is 0.593 bits per heavy atom. The lowest BCUT2D eigenvalue weighted by atomic mass is 10.0. The minimum Gasteiger partial charge on any atom is -0.310 e. The Kier molecular flexibility index (Phi) is 10.7. The number of hydrogen-bond donors (Lipinski definition) is 0. The van der Waals surface area contributed by atoms with Crippen molar-refractivity contribution in [3.63, 3.8) is 0 Å². The third-order valence-electron chi connectivity index (χ3n) is 9.91. The average Bonchev–Trinajstić information content (AvgIpc) is 3.15. The monoisotopic (exact) mass is 700 g/mol. The average molecular weight is 701 g/mol. The number of nitrogens with zero attached hydrogens (tertiary/aromatic N) is 2. The molecule has 0 fully saturated rings. The Morgan fingerprint density at radius 3 is 0.870 bits per heavy atom. The van der Waals surface area contributed by atoms with Crippen LogP contribution in [0.2, 0.25) is 0 Å². The normalized spacial score (nSPS) is 11.4. The molecule has 2 nitrogen and oxygen atoms in total. The molecule has 0 saturated carbocycles. The Morgan fingerprint density at radius 1 is 0.296 bits per heavy atom. The highest BCUT2D eigenvalue weighted by atomic mass is 15.1. The van der Waals surface area contributed by atoms with Crippen LogP contribution in [0.5, 0.6) is 0 Å². The van der Waals surface area contributed by atoms with E-state index in [1.165, 1.54) is 55.6 Å². The van der Waals surface area contributed by atoms with Crippen molar-refractivity contribution in [1.29, 1.82) is 0 Å². The molecule has 0 atom stereocenters. The zero-order valence-electron chi connectivity index (χ0n) is 32.2. The second kappa shape index (κ2) is 16.1. The van der Waals surface area contributed by atoms with Gasteiger partial charge >= 0.3 is 0 Å². The molecule has 0 saturated heterocycles. The molecule has 0 N–H and O–H groups in total. The lowest BCUT2D eigenvalue weighted by molar-refractivity contribution is 1.25. The molecule has 54 heavy (non-hydrogen) atoms. The Labute approximate surface area is 322 Å². The SMILES string of the molecule is Cc1cccc(N(c2cccc(C)c2)c2ccc(/C=C/c3ccc(/C=C/c4ccc(N(c5cccc(C)c5)c5cccc(C)c5)cc4C)cc3)c(C)c2)c1. The summed E-state index contributed by atoms with van der Waals surface area (Å²) in [7, 11) is 0. The molecule has 0 amide bonds. The van der Waals surface area contributed by atoms with Crippen LogP contribution >= 0.6 is 0 Å². The standard InChI is InChI=1S/C52H48N2/c1-37-11-7-15-47(31-37)53(48-16-8-12-38(2)32-48)51-29-27-45(41(5)35-51)25-23-43-19-21-44(22-20-43)24-26-46-28-30-52(36-42(46)6)54(49-17-9-13-39(3)33-49)50-18-10-14-40(4)34-50/h7-36H,1-6H3/b25-23+,26-24+. The van der Waals surface area contributed by atoms with E-state index in [4.69, 9.17) is 0 Å². The molecule has 0 heterocycles. The molecule has 7 aromatic rings. The summed E-state index contributed by atoms with van der Waals surface area (Å²) in [6, 6.07) is 57.0. The molecule has 0 radical (unpaired) electrons. The van der Waals surface area contributed by atoms with Crippen molar-refractivity contribution in [2.75, 3.05) is 9.80 Å². The van der Waals surface area contributed by atoms with Crippen LogP contribution < -0.4 is 9.80 Å². The molecule has 0 unspecified atom stereocenters. The van der Waals surface area contributed by atoms with Gasteiger partial charge in [-0.05, 0) is 170 Å². The molecule has 0 aliphatic heterocycles. The molecule has 7 aromatic carbocycles. The Balaban J connectivity index is 1.07. The number of aryl methyl sites for hydroxylation is 6. The summed E-state index contributed by atoms with van der Waals surface area (Å²) < 4.78 is 0. The summed E-state index contributed by atoms with van der Waals surface area (Å²) >= 11 is 0. The summed E-state index contributed by atoms with van der Waals surface area (Å²) in [6.45, 7) is 13.0. The quantitative estimate of drug-likeness (QED) is 0.131. The van der Waals surface area contributed by atoms with E-state index in [1.54, 1.807) is 0 Å². The second-order valence-electron chi connectivity index (χ2n) is 14.4. The van der Waals surface area contributed by atoms with Gasteiger partial charge in [0.2, 0.25) is 0 Å². The van der Waals surface area contributed by atoms with Gasteiger partial charge < -0.3 is 9.80 Å². The zero-order chi connectivity index (χ0) is 37.6.